The first kappa shape index (κ1) is 14.5. The van der Waals surface area contributed by atoms with Crippen LogP contribution in [0.15, 0.2) is 0 Å². The molecule has 0 saturated heterocycles. The van der Waals surface area contributed by atoms with Gasteiger partial charge in [-0.3, -0.25) is 0 Å². The quantitative estimate of drug-likeness (QED) is 0.337. The molecular formula is C15H29Br. The van der Waals surface area contributed by atoms with Gasteiger partial charge >= 0.3 is 0 Å². The summed E-state index contributed by atoms with van der Waals surface area (Å²) in [4.78, 5) is 0.850. The second kappa shape index (κ2) is 7.74. The van der Waals surface area contributed by atoms with Gasteiger partial charge in [-0.05, 0) is 24.7 Å². The zero-order valence-corrected chi connectivity index (χ0v) is 12.8. The van der Waals surface area contributed by atoms with Crippen LogP contribution < -0.4 is 0 Å². The predicted molar refractivity (Wildman–Crippen MR) is 77.3 cm³/mol. The van der Waals surface area contributed by atoms with Crippen molar-refractivity contribution >= 4 is 15.9 Å². The Labute approximate surface area is 111 Å². The summed E-state index contributed by atoms with van der Waals surface area (Å²) in [6.07, 6.45) is 15.8. The highest BCUT2D eigenvalue weighted by Crippen LogP contribution is 2.58. The van der Waals surface area contributed by atoms with Gasteiger partial charge in [0.1, 0.15) is 0 Å². The van der Waals surface area contributed by atoms with Crippen LogP contribution in [0.5, 0.6) is 0 Å². The van der Waals surface area contributed by atoms with Crippen molar-refractivity contribution in [1.82, 2.24) is 0 Å². The van der Waals surface area contributed by atoms with Crippen molar-refractivity contribution in [3.8, 4) is 0 Å². The third-order valence-electron chi connectivity index (χ3n) is 4.15. The van der Waals surface area contributed by atoms with E-state index in [0.29, 0.717) is 0 Å². The molecule has 0 aromatic heterocycles. The van der Waals surface area contributed by atoms with Gasteiger partial charge in [-0.1, -0.05) is 81.1 Å². The fraction of sp³-hybridized carbons (Fsp3) is 1.00. The Balaban J connectivity index is 2.08. The summed E-state index contributed by atoms with van der Waals surface area (Å²) in [5.74, 6) is 0. The normalized spacial score (nSPS) is 22.3. The third kappa shape index (κ3) is 4.77. The van der Waals surface area contributed by atoms with Gasteiger partial charge in [-0.2, -0.15) is 0 Å². The molecule has 0 nitrogen and oxygen atoms in total. The van der Waals surface area contributed by atoms with Crippen molar-refractivity contribution in [2.24, 2.45) is 5.41 Å². The van der Waals surface area contributed by atoms with Gasteiger partial charge in [-0.15, -0.1) is 0 Å². The molecule has 96 valence electrons. The lowest BCUT2D eigenvalue weighted by Gasteiger charge is -2.15. The van der Waals surface area contributed by atoms with Crippen LogP contribution in [0.4, 0.5) is 0 Å². The molecule has 1 aliphatic rings. The van der Waals surface area contributed by atoms with Gasteiger partial charge in [0.05, 0.1) is 0 Å². The summed E-state index contributed by atoms with van der Waals surface area (Å²) >= 11 is 3.84. The highest BCUT2D eigenvalue weighted by molar-refractivity contribution is 9.09. The zero-order valence-electron chi connectivity index (χ0n) is 11.2. The number of hydrogen-bond acceptors (Lipinski definition) is 0. The lowest BCUT2D eigenvalue weighted by Crippen LogP contribution is -2.04. The number of alkyl halides is 1. The Morgan fingerprint density at radius 2 is 1.31 bits per heavy atom. The average Bonchev–Trinajstić information content (AvgIpc) is 2.92. The maximum atomic E-state index is 3.84. The van der Waals surface area contributed by atoms with Crippen LogP contribution in [-0.4, -0.2) is 4.83 Å². The predicted octanol–water partition coefficient (Wildman–Crippen LogP) is 6.08. The Bertz CT molecular complexity index is 164. The van der Waals surface area contributed by atoms with Crippen LogP contribution in [0.2, 0.25) is 0 Å². The van der Waals surface area contributed by atoms with Crippen molar-refractivity contribution in [3.63, 3.8) is 0 Å². The second-order valence-electron chi connectivity index (χ2n) is 5.66. The van der Waals surface area contributed by atoms with Crippen molar-refractivity contribution in [2.45, 2.75) is 89.3 Å². The van der Waals surface area contributed by atoms with Crippen LogP contribution in [0.25, 0.3) is 0 Å². The van der Waals surface area contributed by atoms with Crippen molar-refractivity contribution < 1.29 is 0 Å². The van der Waals surface area contributed by atoms with Crippen LogP contribution in [-0.2, 0) is 0 Å². The molecule has 0 radical (unpaired) electrons. The minimum atomic E-state index is 0.724. The molecule has 0 aromatic rings. The largest absolute Gasteiger partial charge is 0.0884 e. The summed E-state index contributed by atoms with van der Waals surface area (Å²) < 4.78 is 0. The number of hydrogen-bond donors (Lipinski definition) is 0. The Morgan fingerprint density at radius 1 is 0.875 bits per heavy atom. The Hall–Kier alpha value is 0.480. The first-order chi connectivity index (χ1) is 7.75. The fourth-order valence-corrected chi connectivity index (χ4v) is 3.85. The standard InChI is InChI=1S/C15H29Br/c1-3-5-7-9-11-15(13-14(15)16)12-10-8-6-4-2/h14H,3-13H2,1-2H3. The topological polar surface area (TPSA) is 0 Å². The first-order valence-corrected chi connectivity index (χ1v) is 8.31. The molecule has 0 spiro atoms. The van der Waals surface area contributed by atoms with Crippen LogP contribution in [0.1, 0.15) is 84.5 Å². The molecule has 16 heavy (non-hydrogen) atoms. The highest BCUT2D eigenvalue weighted by atomic mass is 79.9. The summed E-state index contributed by atoms with van der Waals surface area (Å²) in [7, 11) is 0. The lowest BCUT2D eigenvalue weighted by atomic mass is 9.92. The van der Waals surface area contributed by atoms with E-state index >= 15 is 0 Å². The minimum Gasteiger partial charge on any atom is -0.0884 e. The maximum Gasteiger partial charge on any atom is 0.0208 e. The molecule has 0 N–H and O–H groups in total. The van der Waals surface area contributed by atoms with Crippen molar-refractivity contribution in [2.75, 3.05) is 0 Å². The third-order valence-corrected chi connectivity index (χ3v) is 5.44. The van der Waals surface area contributed by atoms with Gasteiger partial charge in [0.25, 0.3) is 0 Å². The van der Waals surface area contributed by atoms with Crippen LogP contribution in [0.3, 0.4) is 0 Å². The summed E-state index contributed by atoms with van der Waals surface area (Å²) in [6.45, 7) is 4.59. The molecule has 0 heterocycles. The average molecular weight is 289 g/mol. The van der Waals surface area contributed by atoms with E-state index in [-0.39, 0.29) is 0 Å². The smallest absolute Gasteiger partial charge is 0.0208 e. The summed E-state index contributed by atoms with van der Waals surface area (Å²) in [5.41, 5.74) is 0.724. The van der Waals surface area contributed by atoms with Gasteiger partial charge in [0.15, 0.2) is 0 Å². The van der Waals surface area contributed by atoms with E-state index in [1.54, 1.807) is 0 Å². The monoisotopic (exact) mass is 288 g/mol. The van der Waals surface area contributed by atoms with Gasteiger partial charge in [-0.25, -0.2) is 0 Å². The fourth-order valence-electron chi connectivity index (χ4n) is 2.75. The van der Waals surface area contributed by atoms with Gasteiger partial charge < -0.3 is 0 Å². The number of unbranched alkanes of at least 4 members (excludes halogenated alkanes) is 6. The van der Waals surface area contributed by atoms with Gasteiger partial charge in [0.2, 0.25) is 0 Å². The molecule has 0 bridgehead atoms. The van der Waals surface area contributed by atoms with E-state index < -0.39 is 0 Å². The Morgan fingerprint density at radius 3 is 1.62 bits per heavy atom. The van der Waals surface area contributed by atoms with E-state index in [1.165, 1.54) is 70.6 Å². The molecule has 1 aliphatic carbocycles. The van der Waals surface area contributed by atoms with E-state index in [0.717, 1.165) is 10.2 Å². The SMILES string of the molecule is CCCCCCC1(CCCCCC)CC1Br. The van der Waals surface area contributed by atoms with Crippen molar-refractivity contribution in [3.05, 3.63) is 0 Å². The first-order valence-electron chi connectivity index (χ1n) is 7.39. The molecule has 1 heteroatoms. The van der Waals surface area contributed by atoms with E-state index in [9.17, 15) is 0 Å². The highest BCUT2D eigenvalue weighted by Gasteiger charge is 2.50. The molecule has 1 saturated carbocycles. The maximum absolute atomic E-state index is 3.84. The van der Waals surface area contributed by atoms with Crippen LogP contribution in [0, 0.1) is 5.41 Å². The molecule has 1 unspecified atom stereocenters. The molecule has 0 amide bonds. The number of rotatable bonds is 10. The van der Waals surface area contributed by atoms with E-state index in [1.807, 2.05) is 0 Å². The minimum absolute atomic E-state index is 0.724. The Kier molecular flexibility index (Phi) is 7.03. The second-order valence-corrected chi connectivity index (χ2v) is 6.76. The molecule has 1 rings (SSSR count). The molecule has 0 aromatic carbocycles. The zero-order chi connectivity index (χ0) is 11.9. The van der Waals surface area contributed by atoms with Crippen LogP contribution >= 0.6 is 15.9 Å². The van der Waals surface area contributed by atoms with E-state index in [2.05, 4.69) is 29.8 Å². The summed E-state index contributed by atoms with van der Waals surface area (Å²) in [5, 5.41) is 0. The summed E-state index contributed by atoms with van der Waals surface area (Å²) in [6, 6.07) is 0. The van der Waals surface area contributed by atoms with Crippen molar-refractivity contribution in [1.29, 1.82) is 0 Å². The van der Waals surface area contributed by atoms with E-state index in [4.69, 9.17) is 0 Å². The number of halogens is 1. The van der Waals surface area contributed by atoms with Gasteiger partial charge in [0, 0.05) is 4.83 Å². The molecule has 0 aliphatic heterocycles. The molecule has 1 fully saturated rings. The molecular weight excluding hydrogens is 260 g/mol. The lowest BCUT2D eigenvalue weighted by molar-refractivity contribution is 0.389. The molecule has 1 atom stereocenters.